The number of ether oxygens (including phenoxy) is 1. The summed E-state index contributed by atoms with van der Waals surface area (Å²) in [7, 11) is 0. The largest absolute Gasteiger partial charge is 0.489 e. The molecule has 0 radical (unpaired) electrons. The number of hydrogen-bond acceptors (Lipinski definition) is 6. The van der Waals surface area contributed by atoms with Crippen LogP contribution in [0.5, 0.6) is 5.75 Å². The SMILES string of the molecule is Cc1cc(COc2ccc(C(=O)NC3CCCN(CCCCC(=O)NO)C3)cc2)c2ccccc2n1. The van der Waals surface area contributed by atoms with E-state index in [9.17, 15) is 9.59 Å². The number of carbonyl (C=O) groups is 2. The average Bonchev–Trinajstić information content (AvgIpc) is 2.90. The Morgan fingerprint density at radius 1 is 1.14 bits per heavy atom. The topological polar surface area (TPSA) is 104 Å². The standard InChI is InChI=1S/C28H34N4O4/c1-20-17-22(25-8-2-3-9-26(25)29-20)19-36-24-13-11-21(12-14-24)28(34)30-23-7-6-16-32(18-23)15-5-4-10-27(33)31-35/h2-3,8-9,11-14,17,23,35H,4-7,10,15-16,18-19H2,1H3,(H,30,34)(H,31,33). The maximum atomic E-state index is 12.8. The van der Waals surface area contributed by atoms with E-state index in [-0.39, 0.29) is 17.9 Å². The highest BCUT2D eigenvalue weighted by Gasteiger charge is 2.21. The van der Waals surface area contributed by atoms with Crippen LogP contribution in [0, 0.1) is 6.92 Å². The predicted octanol–water partition coefficient (Wildman–Crippen LogP) is 3.99. The van der Waals surface area contributed by atoms with Gasteiger partial charge in [0.1, 0.15) is 12.4 Å². The van der Waals surface area contributed by atoms with Gasteiger partial charge in [-0.15, -0.1) is 0 Å². The Morgan fingerprint density at radius 3 is 2.75 bits per heavy atom. The molecule has 1 fully saturated rings. The van der Waals surface area contributed by atoms with E-state index in [2.05, 4.69) is 21.3 Å². The molecule has 1 aliphatic heterocycles. The van der Waals surface area contributed by atoms with Crippen molar-refractivity contribution in [1.82, 2.24) is 20.7 Å². The first-order chi connectivity index (χ1) is 17.5. The fourth-order valence-corrected chi connectivity index (χ4v) is 4.70. The summed E-state index contributed by atoms with van der Waals surface area (Å²) in [6.07, 6.45) is 3.91. The normalized spacial score (nSPS) is 16.0. The van der Waals surface area contributed by atoms with Crippen molar-refractivity contribution in [2.45, 2.75) is 51.7 Å². The number of amides is 2. The molecule has 1 aromatic heterocycles. The van der Waals surface area contributed by atoms with E-state index in [4.69, 9.17) is 9.94 Å². The van der Waals surface area contributed by atoms with E-state index in [1.54, 1.807) is 17.6 Å². The van der Waals surface area contributed by atoms with Crippen LogP contribution in [-0.2, 0) is 11.4 Å². The van der Waals surface area contributed by atoms with Crippen LogP contribution in [0.2, 0.25) is 0 Å². The van der Waals surface area contributed by atoms with Crippen LogP contribution in [-0.4, -0.2) is 52.6 Å². The number of aromatic nitrogens is 1. The monoisotopic (exact) mass is 490 g/mol. The third kappa shape index (κ3) is 7.02. The highest BCUT2D eigenvalue weighted by molar-refractivity contribution is 5.94. The van der Waals surface area contributed by atoms with Gasteiger partial charge in [-0.2, -0.15) is 0 Å². The van der Waals surface area contributed by atoms with E-state index in [0.717, 1.165) is 67.5 Å². The summed E-state index contributed by atoms with van der Waals surface area (Å²) in [6.45, 7) is 5.09. The Kier molecular flexibility index (Phi) is 8.86. The Bertz CT molecular complexity index is 1180. The number of rotatable bonds is 10. The predicted molar refractivity (Wildman–Crippen MR) is 138 cm³/mol. The number of para-hydroxylation sites is 1. The second-order valence-electron chi connectivity index (χ2n) is 9.36. The highest BCUT2D eigenvalue weighted by Crippen LogP contribution is 2.21. The van der Waals surface area contributed by atoms with Crippen molar-refractivity contribution in [2.24, 2.45) is 0 Å². The van der Waals surface area contributed by atoms with Crippen LogP contribution in [0.3, 0.4) is 0 Å². The molecule has 2 heterocycles. The van der Waals surface area contributed by atoms with Crippen molar-refractivity contribution >= 4 is 22.7 Å². The summed E-state index contributed by atoms with van der Waals surface area (Å²) in [5, 5.41) is 12.8. The maximum absolute atomic E-state index is 12.8. The third-order valence-corrected chi connectivity index (χ3v) is 6.53. The first-order valence-electron chi connectivity index (χ1n) is 12.6. The van der Waals surface area contributed by atoms with Gasteiger partial charge in [0, 0.05) is 41.2 Å². The quantitative estimate of drug-likeness (QED) is 0.226. The van der Waals surface area contributed by atoms with Crippen LogP contribution in [0.15, 0.2) is 54.6 Å². The zero-order chi connectivity index (χ0) is 25.3. The van der Waals surface area contributed by atoms with E-state index in [0.29, 0.717) is 24.3 Å². The Hall–Kier alpha value is -3.49. The average molecular weight is 491 g/mol. The summed E-state index contributed by atoms with van der Waals surface area (Å²) in [5.41, 5.74) is 5.27. The molecule has 36 heavy (non-hydrogen) atoms. The summed E-state index contributed by atoms with van der Waals surface area (Å²) >= 11 is 0. The van der Waals surface area contributed by atoms with Crippen LogP contribution in [0.1, 0.15) is 53.7 Å². The Morgan fingerprint density at radius 2 is 1.94 bits per heavy atom. The van der Waals surface area contributed by atoms with Gasteiger partial charge < -0.3 is 15.0 Å². The van der Waals surface area contributed by atoms with Crippen LogP contribution in [0.4, 0.5) is 0 Å². The van der Waals surface area contributed by atoms with Gasteiger partial charge in [-0.25, -0.2) is 5.48 Å². The van der Waals surface area contributed by atoms with Crippen molar-refractivity contribution in [1.29, 1.82) is 0 Å². The Labute approximate surface area is 211 Å². The molecule has 1 unspecified atom stereocenters. The zero-order valence-corrected chi connectivity index (χ0v) is 20.7. The first-order valence-corrected chi connectivity index (χ1v) is 12.6. The number of nitrogens with one attached hydrogen (secondary N) is 2. The number of piperidine rings is 1. The second-order valence-corrected chi connectivity index (χ2v) is 9.36. The van der Waals surface area contributed by atoms with Gasteiger partial charge in [-0.3, -0.25) is 19.8 Å². The second kappa shape index (κ2) is 12.5. The van der Waals surface area contributed by atoms with Crippen molar-refractivity contribution in [2.75, 3.05) is 19.6 Å². The van der Waals surface area contributed by atoms with Crippen LogP contribution >= 0.6 is 0 Å². The molecule has 2 amide bonds. The van der Waals surface area contributed by atoms with Gasteiger partial charge in [0.2, 0.25) is 5.91 Å². The lowest BCUT2D eigenvalue weighted by molar-refractivity contribution is -0.129. The molecule has 8 nitrogen and oxygen atoms in total. The lowest BCUT2D eigenvalue weighted by Crippen LogP contribution is -2.47. The molecule has 1 aliphatic rings. The Balaban J connectivity index is 1.26. The molecule has 1 saturated heterocycles. The molecule has 0 saturated carbocycles. The van der Waals surface area contributed by atoms with Gasteiger partial charge in [-0.1, -0.05) is 18.2 Å². The van der Waals surface area contributed by atoms with Gasteiger partial charge >= 0.3 is 0 Å². The van der Waals surface area contributed by atoms with Gasteiger partial charge in [-0.05, 0) is 82.1 Å². The highest BCUT2D eigenvalue weighted by atomic mass is 16.5. The molecule has 3 N–H and O–H groups in total. The van der Waals surface area contributed by atoms with Gasteiger partial charge in [0.25, 0.3) is 5.91 Å². The van der Waals surface area contributed by atoms with Crippen molar-refractivity contribution in [3.63, 3.8) is 0 Å². The first kappa shape index (κ1) is 25.6. The number of hydroxylamine groups is 1. The zero-order valence-electron chi connectivity index (χ0n) is 20.7. The van der Waals surface area contributed by atoms with Crippen molar-refractivity contribution < 1.29 is 19.5 Å². The molecule has 1 atom stereocenters. The fraction of sp³-hybridized carbons (Fsp3) is 0.393. The van der Waals surface area contributed by atoms with Crippen molar-refractivity contribution in [3.05, 3.63) is 71.4 Å². The van der Waals surface area contributed by atoms with E-state index in [1.165, 1.54) is 0 Å². The lowest BCUT2D eigenvalue weighted by atomic mass is 10.0. The summed E-state index contributed by atoms with van der Waals surface area (Å²) in [4.78, 5) is 30.8. The molecule has 3 aromatic rings. The molecular weight excluding hydrogens is 456 g/mol. The number of carbonyl (C=O) groups excluding carboxylic acids is 2. The number of hydrogen-bond donors (Lipinski definition) is 3. The summed E-state index contributed by atoms with van der Waals surface area (Å²) < 4.78 is 6.02. The number of benzene rings is 2. The molecule has 8 heteroatoms. The molecule has 2 aromatic carbocycles. The van der Waals surface area contributed by atoms with E-state index in [1.807, 2.05) is 43.3 Å². The van der Waals surface area contributed by atoms with Gasteiger partial charge in [0.05, 0.1) is 5.52 Å². The third-order valence-electron chi connectivity index (χ3n) is 6.53. The molecule has 0 aliphatic carbocycles. The smallest absolute Gasteiger partial charge is 0.251 e. The number of fused-ring (bicyclic) bond motifs is 1. The number of aryl methyl sites for hydroxylation is 1. The molecule has 0 bridgehead atoms. The fourth-order valence-electron chi connectivity index (χ4n) is 4.70. The molecule has 4 rings (SSSR count). The molecule has 190 valence electrons. The minimum absolute atomic E-state index is 0.0798. The van der Waals surface area contributed by atoms with Gasteiger partial charge in [0.15, 0.2) is 0 Å². The number of pyridine rings is 1. The lowest BCUT2D eigenvalue weighted by Gasteiger charge is -2.33. The number of unbranched alkanes of at least 4 members (excludes halogenated alkanes) is 1. The van der Waals surface area contributed by atoms with E-state index >= 15 is 0 Å². The van der Waals surface area contributed by atoms with Crippen molar-refractivity contribution in [3.8, 4) is 5.75 Å². The summed E-state index contributed by atoms with van der Waals surface area (Å²) in [6, 6.07) is 17.5. The minimum atomic E-state index is -0.351. The maximum Gasteiger partial charge on any atom is 0.251 e. The van der Waals surface area contributed by atoms with E-state index < -0.39 is 0 Å². The van der Waals surface area contributed by atoms with Crippen LogP contribution in [0.25, 0.3) is 10.9 Å². The molecule has 0 spiro atoms. The molecular formula is C28H34N4O4. The number of likely N-dealkylation sites (tertiary alicyclic amines) is 1. The summed E-state index contributed by atoms with van der Waals surface area (Å²) in [5.74, 6) is 0.281. The number of nitrogens with zero attached hydrogens (tertiary/aromatic N) is 2. The van der Waals surface area contributed by atoms with Crippen LogP contribution < -0.4 is 15.5 Å². The minimum Gasteiger partial charge on any atom is -0.489 e.